The van der Waals surface area contributed by atoms with Crippen molar-refractivity contribution in [3.05, 3.63) is 23.9 Å². The zero-order valence-corrected chi connectivity index (χ0v) is 10.2. The van der Waals surface area contributed by atoms with E-state index >= 15 is 0 Å². The van der Waals surface area contributed by atoms with Gasteiger partial charge in [0.1, 0.15) is 11.9 Å². The van der Waals surface area contributed by atoms with Crippen molar-refractivity contribution >= 4 is 11.7 Å². The van der Waals surface area contributed by atoms with E-state index in [-0.39, 0.29) is 18.0 Å². The number of nitrogens with one attached hydrogen (secondary N) is 1. The zero-order valence-electron chi connectivity index (χ0n) is 10.2. The Labute approximate surface area is 101 Å². The van der Waals surface area contributed by atoms with Crippen LogP contribution in [0.3, 0.4) is 0 Å². The van der Waals surface area contributed by atoms with Gasteiger partial charge in [-0.3, -0.25) is 4.79 Å². The Balaban J connectivity index is 2.19. The van der Waals surface area contributed by atoms with Crippen LogP contribution in [0.5, 0.6) is 0 Å². The van der Waals surface area contributed by atoms with E-state index in [0.29, 0.717) is 6.54 Å². The molecule has 3 N–H and O–H groups in total. The molecule has 0 aromatic carbocycles. The maximum Gasteiger partial charge on any atom is 0.242 e. The topological polar surface area (TPSA) is 71.2 Å². The summed E-state index contributed by atoms with van der Waals surface area (Å²) in [7, 11) is 0. The van der Waals surface area contributed by atoms with Crippen molar-refractivity contribution in [2.24, 2.45) is 5.73 Å². The first kappa shape index (κ1) is 11.9. The minimum Gasteiger partial charge on any atom is -0.353 e. The molecular formula is C12H18N4O. The van der Waals surface area contributed by atoms with Gasteiger partial charge in [0.2, 0.25) is 5.91 Å². The second-order valence-electron chi connectivity index (χ2n) is 4.40. The molecule has 17 heavy (non-hydrogen) atoms. The molecule has 92 valence electrons. The summed E-state index contributed by atoms with van der Waals surface area (Å²) in [5, 5.41) is 2.83. The molecule has 2 rings (SSSR count). The molecule has 5 heteroatoms. The fourth-order valence-corrected chi connectivity index (χ4v) is 1.93. The first-order valence-corrected chi connectivity index (χ1v) is 5.85. The van der Waals surface area contributed by atoms with Crippen molar-refractivity contribution in [2.45, 2.75) is 25.9 Å². The van der Waals surface area contributed by atoms with Crippen LogP contribution in [0, 0.1) is 0 Å². The molecule has 0 saturated carbocycles. The summed E-state index contributed by atoms with van der Waals surface area (Å²) in [5.41, 5.74) is 6.78. The lowest BCUT2D eigenvalue weighted by Crippen LogP contribution is -2.54. The van der Waals surface area contributed by atoms with Crippen LogP contribution in [0.25, 0.3) is 0 Å². The third kappa shape index (κ3) is 2.39. The van der Waals surface area contributed by atoms with E-state index in [9.17, 15) is 4.79 Å². The van der Waals surface area contributed by atoms with Crippen LogP contribution in [0.15, 0.2) is 18.3 Å². The third-order valence-electron chi connectivity index (χ3n) is 3.09. The lowest BCUT2D eigenvalue weighted by atomic mass is 10.1. The van der Waals surface area contributed by atoms with Gasteiger partial charge in [0.15, 0.2) is 0 Å². The van der Waals surface area contributed by atoms with Gasteiger partial charge in [-0.1, -0.05) is 6.07 Å². The summed E-state index contributed by atoms with van der Waals surface area (Å²) in [6.45, 7) is 5.26. The van der Waals surface area contributed by atoms with Gasteiger partial charge in [0.25, 0.3) is 0 Å². The lowest BCUT2D eigenvalue weighted by Gasteiger charge is -2.33. The van der Waals surface area contributed by atoms with E-state index in [1.807, 2.05) is 30.9 Å². The molecule has 1 fully saturated rings. The molecule has 0 spiro atoms. The van der Waals surface area contributed by atoms with E-state index in [0.717, 1.165) is 17.9 Å². The first-order valence-electron chi connectivity index (χ1n) is 5.85. The standard InChI is InChI=1S/C12H18N4O/c1-8(13)10-3-4-11(15-7-10)16-6-5-14-12(17)9(16)2/h3-4,7-9H,5-6,13H2,1-2H3,(H,14,17)/t8-,9?/m1/s1. The molecule has 0 radical (unpaired) electrons. The van der Waals surface area contributed by atoms with Gasteiger partial charge in [-0.25, -0.2) is 4.98 Å². The summed E-state index contributed by atoms with van der Waals surface area (Å²) >= 11 is 0. The Morgan fingerprint density at radius 1 is 1.59 bits per heavy atom. The van der Waals surface area contributed by atoms with Gasteiger partial charge in [0, 0.05) is 25.3 Å². The minimum absolute atomic E-state index is 0.0152. The number of pyridine rings is 1. The number of anilines is 1. The SMILES string of the molecule is CC1C(=O)NCCN1c1ccc([C@@H](C)N)cn1. The Morgan fingerprint density at radius 3 is 2.94 bits per heavy atom. The number of carbonyl (C=O) groups excluding carboxylic acids is 1. The van der Waals surface area contributed by atoms with E-state index < -0.39 is 0 Å². The highest BCUT2D eigenvalue weighted by Crippen LogP contribution is 2.18. The van der Waals surface area contributed by atoms with Crippen LogP contribution in [0.2, 0.25) is 0 Å². The van der Waals surface area contributed by atoms with Gasteiger partial charge in [-0.2, -0.15) is 0 Å². The monoisotopic (exact) mass is 234 g/mol. The van der Waals surface area contributed by atoms with Crippen LogP contribution in [0.1, 0.15) is 25.5 Å². The Hall–Kier alpha value is -1.62. The Kier molecular flexibility index (Phi) is 3.28. The Morgan fingerprint density at radius 2 is 2.35 bits per heavy atom. The van der Waals surface area contributed by atoms with E-state index in [1.165, 1.54) is 0 Å². The highest BCUT2D eigenvalue weighted by atomic mass is 16.2. The number of piperazine rings is 1. The highest BCUT2D eigenvalue weighted by Gasteiger charge is 2.26. The van der Waals surface area contributed by atoms with Crippen molar-refractivity contribution in [2.75, 3.05) is 18.0 Å². The van der Waals surface area contributed by atoms with Crippen molar-refractivity contribution in [3.63, 3.8) is 0 Å². The summed E-state index contributed by atoms with van der Waals surface area (Å²) < 4.78 is 0. The minimum atomic E-state index is -0.169. The molecule has 1 aromatic heterocycles. The summed E-state index contributed by atoms with van der Waals surface area (Å²) in [6.07, 6.45) is 1.78. The van der Waals surface area contributed by atoms with Gasteiger partial charge in [0.05, 0.1) is 0 Å². The fourth-order valence-electron chi connectivity index (χ4n) is 1.93. The molecule has 1 aliphatic rings. The number of amides is 1. The molecule has 1 aliphatic heterocycles. The number of hydrogen-bond donors (Lipinski definition) is 2. The second kappa shape index (κ2) is 4.71. The number of nitrogens with zero attached hydrogens (tertiary/aromatic N) is 2. The van der Waals surface area contributed by atoms with Crippen LogP contribution in [0.4, 0.5) is 5.82 Å². The molecule has 1 aromatic rings. The van der Waals surface area contributed by atoms with Gasteiger partial charge >= 0.3 is 0 Å². The van der Waals surface area contributed by atoms with Crippen LogP contribution in [-0.2, 0) is 4.79 Å². The normalized spacial score (nSPS) is 22.2. The maximum atomic E-state index is 11.6. The molecule has 0 aliphatic carbocycles. The number of carbonyl (C=O) groups is 1. The molecule has 1 unspecified atom stereocenters. The predicted molar refractivity (Wildman–Crippen MR) is 66.7 cm³/mol. The number of nitrogens with two attached hydrogens (primary N) is 1. The van der Waals surface area contributed by atoms with Crippen LogP contribution < -0.4 is 16.0 Å². The summed E-state index contributed by atoms with van der Waals surface area (Å²) in [5.74, 6) is 0.881. The number of hydrogen-bond acceptors (Lipinski definition) is 4. The van der Waals surface area contributed by atoms with Crippen molar-refractivity contribution in [1.82, 2.24) is 10.3 Å². The molecule has 5 nitrogen and oxygen atoms in total. The van der Waals surface area contributed by atoms with Crippen molar-refractivity contribution in [1.29, 1.82) is 0 Å². The van der Waals surface area contributed by atoms with Crippen LogP contribution in [-0.4, -0.2) is 30.0 Å². The van der Waals surface area contributed by atoms with Gasteiger partial charge in [-0.05, 0) is 25.5 Å². The predicted octanol–water partition coefficient (Wildman–Crippen LogP) is 0.426. The van der Waals surface area contributed by atoms with Gasteiger partial charge < -0.3 is 16.0 Å². The highest BCUT2D eigenvalue weighted by molar-refractivity contribution is 5.85. The maximum absolute atomic E-state index is 11.6. The largest absolute Gasteiger partial charge is 0.353 e. The first-order chi connectivity index (χ1) is 8.09. The molecule has 1 amide bonds. The third-order valence-corrected chi connectivity index (χ3v) is 3.09. The van der Waals surface area contributed by atoms with E-state index in [2.05, 4.69) is 10.3 Å². The molecular weight excluding hydrogens is 216 g/mol. The number of rotatable bonds is 2. The number of aromatic nitrogens is 1. The quantitative estimate of drug-likeness (QED) is 0.778. The van der Waals surface area contributed by atoms with E-state index in [4.69, 9.17) is 5.73 Å². The molecule has 2 atom stereocenters. The fraction of sp³-hybridized carbons (Fsp3) is 0.500. The average molecular weight is 234 g/mol. The average Bonchev–Trinajstić information content (AvgIpc) is 2.33. The summed E-state index contributed by atoms with van der Waals surface area (Å²) in [4.78, 5) is 17.9. The zero-order chi connectivity index (χ0) is 12.4. The van der Waals surface area contributed by atoms with Crippen molar-refractivity contribution < 1.29 is 4.79 Å². The van der Waals surface area contributed by atoms with E-state index in [1.54, 1.807) is 6.20 Å². The van der Waals surface area contributed by atoms with Crippen LogP contribution >= 0.6 is 0 Å². The smallest absolute Gasteiger partial charge is 0.242 e. The summed E-state index contributed by atoms with van der Waals surface area (Å²) in [6, 6.07) is 3.70. The second-order valence-corrected chi connectivity index (χ2v) is 4.40. The lowest BCUT2D eigenvalue weighted by molar-refractivity contribution is -0.122. The molecule has 0 bridgehead atoms. The molecule has 1 saturated heterocycles. The van der Waals surface area contributed by atoms with Gasteiger partial charge in [-0.15, -0.1) is 0 Å². The molecule has 2 heterocycles. The Bertz CT molecular complexity index is 401. The van der Waals surface area contributed by atoms with Crippen molar-refractivity contribution in [3.8, 4) is 0 Å².